The number of hydrogen-bond acceptors (Lipinski definition) is 1. The van der Waals surface area contributed by atoms with Crippen molar-refractivity contribution in [2.45, 2.75) is 20.0 Å². The first-order valence-corrected chi connectivity index (χ1v) is 5.04. The summed E-state index contributed by atoms with van der Waals surface area (Å²) in [7, 11) is 0. The number of carbonyl (C=O) groups is 1. The third-order valence-corrected chi connectivity index (χ3v) is 2.57. The summed E-state index contributed by atoms with van der Waals surface area (Å²) in [4.78, 5) is 11.9. The maximum Gasteiger partial charge on any atom is 0.416 e. The summed E-state index contributed by atoms with van der Waals surface area (Å²) in [6.07, 6.45) is -2.90. The molecular weight excluding hydrogens is 229 g/mol. The van der Waals surface area contributed by atoms with Crippen molar-refractivity contribution in [1.29, 1.82) is 0 Å². The number of allylic oxidation sites excluding steroid dienone is 1. The molecule has 0 spiro atoms. The highest BCUT2D eigenvalue weighted by molar-refractivity contribution is 6.01. The van der Waals surface area contributed by atoms with E-state index >= 15 is 0 Å². The minimum atomic E-state index is -4.38. The first kappa shape index (κ1) is 13.5. The topological polar surface area (TPSA) is 17.1 Å². The van der Waals surface area contributed by atoms with Crippen molar-refractivity contribution < 1.29 is 18.0 Å². The van der Waals surface area contributed by atoms with E-state index in [0.29, 0.717) is 0 Å². The second-order valence-electron chi connectivity index (χ2n) is 4.33. The summed E-state index contributed by atoms with van der Waals surface area (Å²) in [6, 6.07) is 4.20. The summed E-state index contributed by atoms with van der Waals surface area (Å²) in [5.74, 6) is -0.249. The summed E-state index contributed by atoms with van der Waals surface area (Å²) in [5, 5.41) is 0. The molecule has 1 aromatic rings. The third kappa shape index (κ3) is 2.96. The van der Waals surface area contributed by atoms with E-state index in [2.05, 4.69) is 6.58 Å². The van der Waals surface area contributed by atoms with Crippen molar-refractivity contribution in [2.24, 2.45) is 5.41 Å². The Bertz CT molecular complexity index is 427. The van der Waals surface area contributed by atoms with Gasteiger partial charge in [0.25, 0.3) is 0 Å². The van der Waals surface area contributed by atoms with Crippen LogP contribution in [0.1, 0.15) is 29.8 Å². The zero-order chi connectivity index (χ0) is 13.3. The molecular formula is C13H13F3O. The Hall–Kier alpha value is -1.58. The molecule has 0 saturated heterocycles. The average molecular weight is 242 g/mol. The fourth-order valence-corrected chi connectivity index (χ4v) is 1.28. The van der Waals surface area contributed by atoms with Crippen LogP contribution >= 0.6 is 0 Å². The van der Waals surface area contributed by atoms with Gasteiger partial charge in [-0.05, 0) is 26.0 Å². The van der Waals surface area contributed by atoms with Crippen LogP contribution < -0.4 is 0 Å². The van der Waals surface area contributed by atoms with Crippen LogP contribution in [0, 0.1) is 5.41 Å². The smallest absolute Gasteiger partial charge is 0.293 e. The van der Waals surface area contributed by atoms with E-state index in [0.717, 1.165) is 12.1 Å². The maximum absolute atomic E-state index is 12.3. The Morgan fingerprint density at radius 2 is 1.65 bits per heavy atom. The predicted molar refractivity (Wildman–Crippen MR) is 59.8 cm³/mol. The SMILES string of the molecule is C=CC(C)(C)C(=O)c1ccc(C(F)(F)F)cc1. The van der Waals surface area contributed by atoms with Crippen LogP contribution in [0.15, 0.2) is 36.9 Å². The Morgan fingerprint density at radius 3 is 2.00 bits per heavy atom. The van der Waals surface area contributed by atoms with Gasteiger partial charge in [-0.2, -0.15) is 13.2 Å². The van der Waals surface area contributed by atoms with Crippen molar-refractivity contribution >= 4 is 5.78 Å². The van der Waals surface area contributed by atoms with Crippen molar-refractivity contribution in [3.05, 3.63) is 48.0 Å². The lowest BCUT2D eigenvalue weighted by Gasteiger charge is -2.18. The number of benzene rings is 1. The number of alkyl halides is 3. The maximum atomic E-state index is 12.3. The molecule has 0 aliphatic heterocycles. The van der Waals surface area contributed by atoms with Gasteiger partial charge in [-0.15, -0.1) is 6.58 Å². The Kier molecular flexibility index (Phi) is 3.45. The van der Waals surface area contributed by atoms with Crippen molar-refractivity contribution in [1.82, 2.24) is 0 Å². The standard InChI is InChI=1S/C13H13F3O/c1-4-12(2,3)11(17)9-5-7-10(8-6-9)13(14,15)16/h4-8H,1H2,2-3H3. The summed E-state index contributed by atoms with van der Waals surface area (Å²) in [6.45, 7) is 6.87. The number of hydrogen-bond donors (Lipinski definition) is 0. The monoisotopic (exact) mass is 242 g/mol. The summed E-state index contributed by atoms with van der Waals surface area (Å²) >= 11 is 0. The normalized spacial score (nSPS) is 12.3. The largest absolute Gasteiger partial charge is 0.416 e. The van der Waals surface area contributed by atoms with E-state index in [1.165, 1.54) is 18.2 Å². The fourth-order valence-electron chi connectivity index (χ4n) is 1.28. The van der Waals surface area contributed by atoms with Crippen molar-refractivity contribution in [3.63, 3.8) is 0 Å². The molecule has 0 aliphatic carbocycles. The van der Waals surface area contributed by atoms with Gasteiger partial charge in [-0.25, -0.2) is 0 Å². The Labute approximate surface area is 98.0 Å². The van der Waals surface area contributed by atoms with Crippen LogP contribution in [-0.2, 0) is 6.18 Å². The van der Waals surface area contributed by atoms with E-state index in [-0.39, 0.29) is 11.3 Å². The first-order chi connectivity index (χ1) is 7.68. The number of carbonyl (C=O) groups excluding carboxylic acids is 1. The van der Waals surface area contributed by atoms with Gasteiger partial charge in [0.05, 0.1) is 5.56 Å². The van der Waals surface area contributed by atoms with Gasteiger partial charge < -0.3 is 0 Å². The quantitative estimate of drug-likeness (QED) is 0.576. The van der Waals surface area contributed by atoms with Gasteiger partial charge in [-0.1, -0.05) is 18.2 Å². The number of rotatable bonds is 3. The lowest BCUT2D eigenvalue weighted by molar-refractivity contribution is -0.137. The minimum absolute atomic E-state index is 0.249. The lowest BCUT2D eigenvalue weighted by Crippen LogP contribution is -2.21. The Morgan fingerprint density at radius 1 is 1.18 bits per heavy atom. The van der Waals surface area contributed by atoms with E-state index in [4.69, 9.17) is 0 Å². The molecule has 0 aliphatic rings. The molecule has 1 nitrogen and oxygen atoms in total. The second-order valence-corrected chi connectivity index (χ2v) is 4.33. The predicted octanol–water partition coefficient (Wildman–Crippen LogP) is 4.10. The van der Waals surface area contributed by atoms with Crippen LogP contribution in [0.25, 0.3) is 0 Å². The molecule has 1 aromatic carbocycles. The molecule has 0 aromatic heterocycles. The molecule has 0 N–H and O–H groups in total. The Balaban J connectivity index is 3.04. The number of ketones is 1. The molecule has 0 bridgehead atoms. The van der Waals surface area contributed by atoms with Crippen LogP contribution in [0.2, 0.25) is 0 Å². The van der Waals surface area contributed by atoms with Crippen molar-refractivity contribution in [3.8, 4) is 0 Å². The van der Waals surface area contributed by atoms with E-state index < -0.39 is 17.2 Å². The molecule has 0 atom stereocenters. The molecule has 0 saturated carbocycles. The number of halogens is 3. The van der Waals surface area contributed by atoms with Gasteiger partial charge in [-0.3, -0.25) is 4.79 Å². The van der Waals surface area contributed by atoms with Crippen molar-refractivity contribution in [2.75, 3.05) is 0 Å². The van der Waals surface area contributed by atoms with Gasteiger partial charge in [0, 0.05) is 11.0 Å². The molecule has 1 rings (SSSR count). The van der Waals surface area contributed by atoms with Gasteiger partial charge in [0.15, 0.2) is 5.78 Å². The lowest BCUT2D eigenvalue weighted by atomic mass is 9.84. The average Bonchev–Trinajstić information content (AvgIpc) is 2.27. The van der Waals surface area contributed by atoms with Gasteiger partial charge >= 0.3 is 6.18 Å². The van der Waals surface area contributed by atoms with Crippen LogP contribution in [0.3, 0.4) is 0 Å². The molecule has 92 valence electrons. The van der Waals surface area contributed by atoms with Crippen LogP contribution in [0.5, 0.6) is 0 Å². The first-order valence-electron chi connectivity index (χ1n) is 5.04. The van der Waals surface area contributed by atoms with Crippen LogP contribution in [0.4, 0.5) is 13.2 Å². The molecule has 4 heteroatoms. The molecule has 0 radical (unpaired) electrons. The van der Waals surface area contributed by atoms with E-state index in [9.17, 15) is 18.0 Å². The zero-order valence-corrected chi connectivity index (χ0v) is 9.64. The molecule has 0 unspecified atom stereocenters. The van der Waals surface area contributed by atoms with Gasteiger partial charge in [0.2, 0.25) is 0 Å². The van der Waals surface area contributed by atoms with E-state index in [1.807, 2.05) is 0 Å². The highest BCUT2D eigenvalue weighted by Crippen LogP contribution is 2.30. The summed E-state index contributed by atoms with van der Waals surface area (Å²) in [5.41, 5.74) is -1.28. The molecule has 17 heavy (non-hydrogen) atoms. The molecule has 0 fully saturated rings. The molecule has 0 heterocycles. The van der Waals surface area contributed by atoms with E-state index in [1.54, 1.807) is 13.8 Å². The second kappa shape index (κ2) is 4.35. The van der Waals surface area contributed by atoms with Crippen LogP contribution in [-0.4, -0.2) is 5.78 Å². The minimum Gasteiger partial charge on any atom is -0.293 e. The highest BCUT2D eigenvalue weighted by atomic mass is 19.4. The summed E-state index contributed by atoms with van der Waals surface area (Å²) < 4.78 is 37.0. The van der Waals surface area contributed by atoms with Gasteiger partial charge in [0.1, 0.15) is 0 Å². The highest BCUT2D eigenvalue weighted by Gasteiger charge is 2.31. The third-order valence-electron chi connectivity index (χ3n) is 2.57. The zero-order valence-electron chi connectivity index (χ0n) is 9.64. The fraction of sp³-hybridized carbons (Fsp3) is 0.308. The number of Topliss-reactive ketones (excluding diaryl/α,β-unsaturated/α-hetero) is 1. The molecule has 0 amide bonds.